The molecule has 2 aromatic rings. The van der Waals surface area contributed by atoms with E-state index >= 15 is 0 Å². The average Bonchev–Trinajstić information content (AvgIpc) is 3.15. The maximum Gasteiger partial charge on any atom is 0.258 e. The summed E-state index contributed by atoms with van der Waals surface area (Å²) >= 11 is 0. The minimum atomic E-state index is -0.161. The Balaban J connectivity index is 1.84. The van der Waals surface area contributed by atoms with Crippen LogP contribution >= 0.6 is 0 Å². The minimum Gasteiger partial charge on any atom is -0.338 e. The summed E-state index contributed by atoms with van der Waals surface area (Å²) in [4.78, 5) is 32.8. The molecule has 2 atom stereocenters. The molecular formula is C15H17N3O2. The van der Waals surface area contributed by atoms with E-state index in [9.17, 15) is 9.59 Å². The Morgan fingerprint density at radius 2 is 2.15 bits per heavy atom. The summed E-state index contributed by atoms with van der Waals surface area (Å²) in [5, 5.41) is 0.570. The second-order valence-corrected chi connectivity index (χ2v) is 5.54. The number of para-hydroxylation sites is 1. The largest absolute Gasteiger partial charge is 0.338 e. The lowest BCUT2D eigenvalue weighted by molar-refractivity contribution is -0.132. The normalized spacial score (nSPS) is 20.9. The van der Waals surface area contributed by atoms with E-state index in [1.54, 1.807) is 24.1 Å². The first-order chi connectivity index (χ1) is 9.56. The van der Waals surface area contributed by atoms with Gasteiger partial charge in [0.1, 0.15) is 5.82 Å². The van der Waals surface area contributed by atoms with E-state index in [2.05, 4.69) is 16.9 Å². The van der Waals surface area contributed by atoms with Gasteiger partial charge in [-0.1, -0.05) is 19.1 Å². The smallest absolute Gasteiger partial charge is 0.258 e. The molecule has 5 heteroatoms. The van der Waals surface area contributed by atoms with Crippen molar-refractivity contribution in [3.63, 3.8) is 0 Å². The van der Waals surface area contributed by atoms with Crippen molar-refractivity contribution in [2.75, 3.05) is 7.05 Å². The van der Waals surface area contributed by atoms with Crippen molar-refractivity contribution in [3.8, 4) is 0 Å². The van der Waals surface area contributed by atoms with E-state index in [4.69, 9.17) is 0 Å². The molecule has 1 aromatic heterocycles. The fourth-order valence-electron chi connectivity index (χ4n) is 2.46. The summed E-state index contributed by atoms with van der Waals surface area (Å²) in [5.41, 5.74) is 0.498. The fourth-order valence-corrected chi connectivity index (χ4v) is 2.46. The number of amides is 1. The van der Waals surface area contributed by atoms with Gasteiger partial charge in [-0.25, -0.2) is 4.98 Å². The highest BCUT2D eigenvalue weighted by atomic mass is 16.2. The van der Waals surface area contributed by atoms with Crippen molar-refractivity contribution in [1.29, 1.82) is 0 Å². The number of hydrogen-bond donors (Lipinski definition) is 1. The molecule has 3 rings (SSSR count). The molecule has 1 aliphatic carbocycles. The summed E-state index contributed by atoms with van der Waals surface area (Å²) in [7, 11) is 1.75. The molecule has 0 saturated heterocycles. The highest BCUT2D eigenvalue weighted by molar-refractivity contribution is 5.81. The Hall–Kier alpha value is -2.17. The molecule has 0 spiro atoms. The fraction of sp³-hybridized carbons (Fsp3) is 0.400. The summed E-state index contributed by atoms with van der Waals surface area (Å²) in [6.07, 6.45) is 0.963. The highest BCUT2D eigenvalue weighted by Gasteiger charge is 2.40. The second kappa shape index (κ2) is 4.74. The van der Waals surface area contributed by atoms with Crippen LogP contribution in [-0.2, 0) is 11.3 Å². The molecule has 1 amide bonds. The molecule has 0 bridgehead atoms. The SMILES string of the molecule is C[C@@H]1C[C@@H]1C(=O)N(C)Cc1nc2ccccc2c(=O)[nH]1. The van der Waals surface area contributed by atoms with Crippen molar-refractivity contribution in [2.24, 2.45) is 11.8 Å². The maximum atomic E-state index is 12.1. The van der Waals surface area contributed by atoms with Crippen LogP contribution in [0.2, 0.25) is 0 Å². The van der Waals surface area contributed by atoms with E-state index in [1.165, 1.54) is 0 Å². The molecule has 5 nitrogen and oxygen atoms in total. The summed E-state index contributed by atoms with van der Waals surface area (Å²) in [6, 6.07) is 7.20. The summed E-state index contributed by atoms with van der Waals surface area (Å²) in [5.74, 6) is 1.28. The van der Waals surface area contributed by atoms with Gasteiger partial charge < -0.3 is 9.88 Å². The standard InChI is InChI=1S/C15H17N3O2/c1-9-7-11(9)15(20)18(2)8-13-16-12-6-4-3-5-10(12)14(19)17-13/h3-6,9,11H,7-8H2,1-2H3,(H,16,17,19)/t9-,11+/m1/s1. The number of rotatable bonds is 3. The van der Waals surface area contributed by atoms with Gasteiger partial charge in [0.15, 0.2) is 0 Å². The van der Waals surface area contributed by atoms with Gasteiger partial charge in [0, 0.05) is 13.0 Å². The molecule has 0 unspecified atom stereocenters. The number of benzene rings is 1. The van der Waals surface area contributed by atoms with Crippen molar-refractivity contribution in [2.45, 2.75) is 19.9 Å². The van der Waals surface area contributed by atoms with E-state index in [0.717, 1.165) is 6.42 Å². The van der Waals surface area contributed by atoms with Crippen LogP contribution in [0.3, 0.4) is 0 Å². The average molecular weight is 271 g/mol. The maximum absolute atomic E-state index is 12.1. The van der Waals surface area contributed by atoms with Crippen LogP contribution in [0.4, 0.5) is 0 Å². The number of nitrogens with one attached hydrogen (secondary N) is 1. The molecule has 1 N–H and O–H groups in total. The van der Waals surface area contributed by atoms with Crippen molar-refractivity contribution in [3.05, 3.63) is 40.4 Å². The number of nitrogens with zero attached hydrogens (tertiary/aromatic N) is 2. The Kier molecular flexibility index (Phi) is 3.04. The molecule has 1 saturated carbocycles. The Morgan fingerprint density at radius 1 is 1.45 bits per heavy atom. The number of carbonyl (C=O) groups excluding carboxylic acids is 1. The molecule has 104 valence electrons. The van der Waals surface area contributed by atoms with E-state index in [-0.39, 0.29) is 17.4 Å². The lowest BCUT2D eigenvalue weighted by Crippen LogP contribution is -2.29. The number of aromatic nitrogens is 2. The molecule has 0 aliphatic heterocycles. The van der Waals surface area contributed by atoms with Gasteiger partial charge in [-0.3, -0.25) is 9.59 Å². The number of aromatic amines is 1. The van der Waals surface area contributed by atoms with Crippen LogP contribution in [0, 0.1) is 11.8 Å². The second-order valence-electron chi connectivity index (χ2n) is 5.54. The van der Waals surface area contributed by atoms with E-state index in [1.807, 2.05) is 12.1 Å². The Bertz CT molecular complexity index is 722. The number of hydrogen-bond acceptors (Lipinski definition) is 3. The molecular weight excluding hydrogens is 254 g/mol. The number of H-pyrrole nitrogens is 1. The minimum absolute atomic E-state index is 0.133. The van der Waals surface area contributed by atoms with Crippen LogP contribution in [-0.4, -0.2) is 27.8 Å². The van der Waals surface area contributed by atoms with Gasteiger partial charge in [0.05, 0.1) is 17.4 Å². The first kappa shape index (κ1) is 12.8. The lowest BCUT2D eigenvalue weighted by atomic mass is 10.2. The molecule has 0 radical (unpaired) electrons. The Labute approximate surface area is 116 Å². The highest BCUT2D eigenvalue weighted by Crippen LogP contribution is 2.39. The summed E-state index contributed by atoms with van der Waals surface area (Å²) < 4.78 is 0. The van der Waals surface area contributed by atoms with Crippen LogP contribution < -0.4 is 5.56 Å². The van der Waals surface area contributed by atoms with Gasteiger partial charge in [0.25, 0.3) is 5.56 Å². The van der Waals surface area contributed by atoms with Gasteiger partial charge in [-0.2, -0.15) is 0 Å². The zero-order chi connectivity index (χ0) is 14.3. The Morgan fingerprint density at radius 3 is 2.85 bits per heavy atom. The van der Waals surface area contributed by atoms with Gasteiger partial charge >= 0.3 is 0 Å². The number of fused-ring (bicyclic) bond motifs is 1. The third kappa shape index (κ3) is 2.31. The molecule has 1 fully saturated rings. The van der Waals surface area contributed by atoms with Gasteiger partial charge in [-0.05, 0) is 24.5 Å². The first-order valence-electron chi connectivity index (χ1n) is 6.79. The van der Waals surface area contributed by atoms with Crippen LogP contribution in [0.5, 0.6) is 0 Å². The zero-order valence-corrected chi connectivity index (χ0v) is 11.6. The van der Waals surface area contributed by atoms with E-state index in [0.29, 0.717) is 29.2 Å². The van der Waals surface area contributed by atoms with Crippen LogP contribution in [0.25, 0.3) is 10.9 Å². The predicted octanol–water partition coefficient (Wildman–Crippen LogP) is 1.54. The third-order valence-electron chi connectivity index (χ3n) is 3.85. The zero-order valence-electron chi connectivity index (χ0n) is 11.6. The first-order valence-corrected chi connectivity index (χ1v) is 6.79. The lowest BCUT2D eigenvalue weighted by Gasteiger charge is -2.16. The monoisotopic (exact) mass is 271 g/mol. The quantitative estimate of drug-likeness (QED) is 0.920. The van der Waals surface area contributed by atoms with Crippen molar-refractivity contribution in [1.82, 2.24) is 14.9 Å². The predicted molar refractivity (Wildman–Crippen MR) is 76.1 cm³/mol. The van der Waals surface area contributed by atoms with Crippen molar-refractivity contribution >= 4 is 16.8 Å². The van der Waals surface area contributed by atoms with E-state index < -0.39 is 0 Å². The molecule has 1 aromatic carbocycles. The molecule has 1 heterocycles. The third-order valence-corrected chi connectivity index (χ3v) is 3.85. The van der Waals surface area contributed by atoms with Gasteiger partial charge in [-0.15, -0.1) is 0 Å². The molecule has 20 heavy (non-hydrogen) atoms. The molecule has 1 aliphatic rings. The van der Waals surface area contributed by atoms with Crippen LogP contribution in [0.1, 0.15) is 19.2 Å². The topological polar surface area (TPSA) is 66.1 Å². The van der Waals surface area contributed by atoms with Crippen molar-refractivity contribution < 1.29 is 4.79 Å². The number of carbonyl (C=O) groups is 1. The van der Waals surface area contributed by atoms with Gasteiger partial charge in [0.2, 0.25) is 5.91 Å². The van der Waals surface area contributed by atoms with Crippen LogP contribution in [0.15, 0.2) is 29.1 Å². The summed E-state index contributed by atoms with van der Waals surface area (Å²) in [6.45, 7) is 2.41.